The van der Waals surface area contributed by atoms with Crippen LogP contribution in [0.4, 0.5) is 0 Å². The van der Waals surface area contributed by atoms with Gasteiger partial charge in [0, 0.05) is 25.9 Å². The molecule has 0 aromatic rings. The first-order chi connectivity index (χ1) is 35.5. The van der Waals surface area contributed by atoms with Gasteiger partial charge in [0.15, 0.2) is 0 Å². The molecule has 7 amide bonds. The molecule has 19 heteroatoms. The molecule has 19 nitrogen and oxygen atoms in total. The number of amides is 7. The Bertz CT molecular complexity index is 1480. The second kappa shape index (κ2) is 46.6. The normalized spacial score (nSPS) is 23.3. The lowest BCUT2D eigenvalue weighted by Gasteiger charge is -2.25. The fraction of sp³-hybridized carbons (Fsp3) is 0.870. The van der Waals surface area contributed by atoms with Gasteiger partial charge in [0.05, 0.1) is 0 Å². The molecule has 1 aliphatic rings. The Labute approximate surface area is 440 Å². The quantitative estimate of drug-likeness (QED) is 0.0767. The lowest BCUT2D eigenvalue weighted by Crippen LogP contribution is -2.56. The van der Waals surface area contributed by atoms with Crippen molar-refractivity contribution in [3.8, 4) is 0 Å². The molecular formula is C54H106N12O7. The number of hydrogen-bond donors (Lipinski definition) is 12. The molecule has 0 aromatic carbocycles. The Morgan fingerprint density at radius 2 is 0.493 bits per heavy atom. The van der Waals surface area contributed by atoms with E-state index in [9.17, 15) is 33.6 Å². The number of rotatable bonds is 20. The minimum Gasteiger partial charge on any atom is -0.354 e. The van der Waals surface area contributed by atoms with Gasteiger partial charge in [0.1, 0.15) is 30.2 Å². The van der Waals surface area contributed by atoms with Crippen LogP contribution in [0.3, 0.4) is 0 Å². The minimum absolute atomic E-state index is 0.170. The van der Waals surface area contributed by atoms with Crippen LogP contribution in [0, 0.1) is 0 Å². The molecule has 0 saturated carbocycles. The minimum atomic E-state index is -0.916. The van der Waals surface area contributed by atoms with Crippen LogP contribution < -0.4 is 65.9 Å². The van der Waals surface area contributed by atoms with Gasteiger partial charge in [0.25, 0.3) is 0 Å². The van der Waals surface area contributed by atoms with E-state index >= 15 is 0 Å². The number of nitrogens with one attached hydrogen (secondary N) is 7. The fourth-order valence-corrected chi connectivity index (χ4v) is 9.12. The van der Waals surface area contributed by atoms with Gasteiger partial charge in [-0.25, -0.2) is 0 Å². The summed E-state index contributed by atoms with van der Waals surface area (Å²) in [6.07, 6.45) is 26.6. The Morgan fingerprint density at radius 3 is 0.753 bits per heavy atom. The molecule has 5 unspecified atom stereocenters. The third-order valence-electron chi connectivity index (χ3n) is 13.7. The Morgan fingerprint density at radius 1 is 0.274 bits per heavy atom. The molecule has 5 atom stereocenters. The summed E-state index contributed by atoms with van der Waals surface area (Å²) in [5.41, 5.74) is 28.8. The first kappa shape index (κ1) is 67.1. The van der Waals surface area contributed by atoms with Crippen LogP contribution in [0.25, 0.3) is 0 Å². The summed E-state index contributed by atoms with van der Waals surface area (Å²) in [4.78, 5) is 94.5. The average Bonchev–Trinajstić information content (AvgIpc) is 3.37. The van der Waals surface area contributed by atoms with Gasteiger partial charge >= 0.3 is 0 Å². The van der Waals surface area contributed by atoms with E-state index in [-0.39, 0.29) is 36.0 Å². The first-order valence-electron chi connectivity index (χ1n) is 29.1. The molecule has 0 spiro atoms. The zero-order valence-corrected chi connectivity index (χ0v) is 45.3. The van der Waals surface area contributed by atoms with Crippen LogP contribution in [0.15, 0.2) is 0 Å². The number of hydrogen-bond acceptors (Lipinski definition) is 12. The lowest BCUT2D eigenvalue weighted by molar-refractivity contribution is -0.134. The van der Waals surface area contributed by atoms with E-state index < -0.39 is 42.0 Å². The number of carbonyl (C=O) groups excluding carboxylic acids is 7. The van der Waals surface area contributed by atoms with Crippen molar-refractivity contribution in [2.24, 2.45) is 28.7 Å². The molecule has 1 saturated heterocycles. The van der Waals surface area contributed by atoms with Gasteiger partial charge in [-0.2, -0.15) is 0 Å². The zero-order chi connectivity index (χ0) is 53.6. The van der Waals surface area contributed by atoms with Gasteiger partial charge < -0.3 is 65.9 Å². The summed E-state index contributed by atoms with van der Waals surface area (Å²) < 4.78 is 0. The topological polar surface area (TPSA) is 334 Å². The summed E-state index contributed by atoms with van der Waals surface area (Å²) >= 11 is 0. The molecule has 0 aromatic heterocycles. The van der Waals surface area contributed by atoms with Gasteiger partial charge in [-0.3, -0.25) is 33.6 Å². The second-order valence-corrected chi connectivity index (χ2v) is 20.3. The Hall–Kier alpha value is -3.91. The Kier molecular flexibility index (Phi) is 42.8. The molecule has 0 aliphatic carbocycles. The predicted octanol–water partition coefficient (Wildman–Crippen LogP) is 4.10. The molecular weight excluding hydrogens is 929 g/mol. The molecule has 73 heavy (non-hydrogen) atoms. The van der Waals surface area contributed by atoms with Crippen LogP contribution in [0.5, 0.6) is 0 Å². The highest BCUT2D eigenvalue weighted by Gasteiger charge is 2.30. The maximum Gasteiger partial charge on any atom is 0.243 e. The first-order valence-corrected chi connectivity index (χ1v) is 29.1. The average molecular weight is 1040 g/mol. The zero-order valence-electron chi connectivity index (χ0n) is 45.3. The number of unbranched alkanes of at least 4 members (excludes halogenated alkanes) is 5. The fourth-order valence-electron chi connectivity index (χ4n) is 9.12. The second-order valence-electron chi connectivity index (χ2n) is 20.3. The molecule has 1 fully saturated rings. The van der Waals surface area contributed by atoms with Crippen molar-refractivity contribution < 1.29 is 33.6 Å². The van der Waals surface area contributed by atoms with E-state index in [1.807, 2.05) is 0 Å². The van der Waals surface area contributed by atoms with Crippen molar-refractivity contribution in [2.45, 2.75) is 255 Å². The van der Waals surface area contributed by atoms with Crippen molar-refractivity contribution in [1.29, 1.82) is 0 Å². The number of nitrogens with two attached hydrogens (primary N) is 5. The van der Waals surface area contributed by atoms with Crippen LogP contribution in [0.2, 0.25) is 0 Å². The van der Waals surface area contributed by atoms with E-state index in [0.717, 1.165) is 122 Å². The third-order valence-corrected chi connectivity index (χ3v) is 13.7. The van der Waals surface area contributed by atoms with Crippen LogP contribution in [-0.4, -0.2) is 117 Å². The van der Waals surface area contributed by atoms with E-state index in [1.165, 1.54) is 0 Å². The van der Waals surface area contributed by atoms with E-state index in [4.69, 9.17) is 28.7 Å². The summed E-state index contributed by atoms with van der Waals surface area (Å²) in [5.74, 6) is -2.11. The maximum absolute atomic E-state index is 13.9. The number of carbonyl (C=O) groups is 7. The molecule has 1 heterocycles. The molecule has 17 N–H and O–H groups in total. The van der Waals surface area contributed by atoms with Crippen LogP contribution in [-0.2, 0) is 33.6 Å². The van der Waals surface area contributed by atoms with Crippen LogP contribution >= 0.6 is 0 Å². The largest absolute Gasteiger partial charge is 0.354 e. The van der Waals surface area contributed by atoms with Crippen molar-refractivity contribution in [1.82, 2.24) is 37.2 Å². The molecule has 1 rings (SSSR count). The summed E-state index contributed by atoms with van der Waals surface area (Å²) in [6.45, 7) is 3.33. The maximum atomic E-state index is 13.9. The highest BCUT2D eigenvalue weighted by molar-refractivity contribution is 5.94. The summed E-state index contributed by atoms with van der Waals surface area (Å²) in [6, 6.07) is -4.00. The smallest absolute Gasteiger partial charge is 0.243 e. The predicted molar refractivity (Wildman–Crippen MR) is 293 cm³/mol. The monoisotopic (exact) mass is 1030 g/mol. The molecule has 1 aliphatic heterocycles. The van der Waals surface area contributed by atoms with E-state index in [2.05, 4.69) is 37.2 Å². The lowest BCUT2D eigenvalue weighted by atomic mass is 10.0. The van der Waals surface area contributed by atoms with Crippen molar-refractivity contribution in [3.05, 3.63) is 0 Å². The van der Waals surface area contributed by atoms with Crippen molar-refractivity contribution in [2.75, 3.05) is 45.8 Å². The van der Waals surface area contributed by atoms with Gasteiger partial charge in [-0.15, -0.1) is 0 Å². The van der Waals surface area contributed by atoms with E-state index in [1.54, 1.807) is 0 Å². The third kappa shape index (κ3) is 35.8. The van der Waals surface area contributed by atoms with Gasteiger partial charge in [-0.05, 0) is 155 Å². The van der Waals surface area contributed by atoms with Crippen molar-refractivity contribution in [3.63, 3.8) is 0 Å². The van der Waals surface area contributed by atoms with Crippen molar-refractivity contribution >= 4 is 41.4 Å². The molecule has 0 bridgehead atoms. The van der Waals surface area contributed by atoms with Crippen LogP contribution in [0.1, 0.15) is 225 Å². The summed E-state index contributed by atoms with van der Waals surface area (Å²) in [7, 11) is 0. The molecule has 424 valence electrons. The molecule has 0 radical (unpaired) electrons. The highest BCUT2D eigenvalue weighted by atomic mass is 16.2. The standard InChI is InChI=1S/C54H106N12O7/c55-36-22-17-29-43-50(69)60-41-27-13-9-5-2-4-8-12-16-35-49(68)63-46(32-20-25-39-58)53(72)66-47(33-21-26-40-59)54(73)65-44(30-18-23-37-56)51(70)61-42-28-14-10-6-1-3-7-11-15-34-48(67)62-45(52(71)64-43)31-19-24-38-57/h43-47H,1-42,55-59H2,(H,60,69)(H,61,70)(H,62,67)(H,63,68)(H,64,71)(H,65,73)(H,66,72). The van der Waals surface area contributed by atoms with Gasteiger partial charge in [-0.1, -0.05) is 89.9 Å². The summed E-state index contributed by atoms with van der Waals surface area (Å²) in [5, 5.41) is 20.7. The van der Waals surface area contributed by atoms with E-state index in [0.29, 0.717) is 142 Å². The SMILES string of the molecule is NCCCCC1NC(=O)CCCCCCCCCCCNC(=O)C(CCCCN)NC(=O)C(CCCCN)NC(=O)C(CCCCN)NC(=O)CCCCCCCCCCCNC(=O)C(CCCCN)NC1=O. The Balaban J connectivity index is 3.06. The van der Waals surface area contributed by atoms with Gasteiger partial charge in [0.2, 0.25) is 41.4 Å². The highest BCUT2D eigenvalue weighted by Crippen LogP contribution is 2.14.